The van der Waals surface area contributed by atoms with Crippen LogP contribution in [-0.2, 0) is 0 Å². The highest BCUT2D eigenvalue weighted by molar-refractivity contribution is 5.20. The lowest BCUT2D eigenvalue weighted by atomic mass is 10.1. The second kappa shape index (κ2) is 7.54. The molecule has 0 aliphatic heterocycles. The quantitative estimate of drug-likeness (QED) is 0.772. The third kappa shape index (κ3) is 4.72. The molecule has 0 saturated heterocycles. The van der Waals surface area contributed by atoms with Gasteiger partial charge in [0.25, 0.3) is 0 Å². The number of pyridine rings is 1. The number of benzene rings is 1. The summed E-state index contributed by atoms with van der Waals surface area (Å²) in [6, 6.07) is 14.3. The maximum Gasteiger partial charge on any atom is 0.119 e. The lowest BCUT2D eigenvalue weighted by molar-refractivity contribution is 0.305. The molecule has 1 aromatic carbocycles. The first-order chi connectivity index (χ1) is 9.36. The summed E-state index contributed by atoms with van der Waals surface area (Å²) >= 11 is 0. The van der Waals surface area contributed by atoms with Crippen molar-refractivity contribution in [1.82, 2.24) is 10.3 Å². The van der Waals surface area contributed by atoms with E-state index in [1.807, 2.05) is 42.6 Å². The summed E-state index contributed by atoms with van der Waals surface area (Å²) in [6.07, 6.45) is 4.68. The number of ether oxygens (including phenoxy) is 1. The van der Waals surface area contributed by atoms with Gasteiger partial charge in [0.2, 0.25) is 0 Å². The van der Waals surface area contributed by atoms with E-state index < -0.39 is 0 Å². The molecule has 0 aliphatic rings. The Bertz CT molecular complexity index is 459. The van der Waals surface area contributed by atoms with E-state index in [0.717, 1.165) is 25.3 Å². The largest absolute Gasteiger partial charge is 0.494 e. The molecule has 1 aromatic heterocycles. The van der Waals surface area contributed by atoms with Gasteiger partial charge in [0.15, 0.2) is 0 Å². The van der Waals surface area contributed by atoms with Gasteiger partial charge in [0, 0.05) is 18.4 Å². The van der Waals surface area contributed by atoms with E-state index >= 15 is 0 Å². The summed E-state index contributed by atoms with van der Waals surface area (Å²) in [6.45, 7) is 3.81. The molecular weight excluding hydrogens is 236 g/mol. The average molecular weight is 256 g/mol. The smallest absolute Gasteiger partial charge is 0.119 e. The first-order valence-electron chi connectivity index (χ1n) is 6.67. The van der Waals surface area contributed by atoms with Gasteiger partial charge in [-0.15, -0.1) is 0 Å². The third-order valence-electron chi connectivity index (χ3n) is 2.97. The van der Waals surface area contributed by atoms with Crippen molar-refractivity contribution >= 4 is 0 Å². The number of hydrogen-bond donors (Lipinski definition) is 1. The number of para-hydroxylation sites is 1. The van der Waals surface area contributed by atoms with Crippen molar-refractivity contribution in [2.45, 2.75) is 19.4 Å². The van der Waals surface area contributed by atoms with E-state index in [1.54, 1.807) is 6.20 Å². The molecule has 0 bridgehead atoms. The van der Waals surface area contributed by atoms with Crippen LogP contribution in [0.5, 0.6) is 5.75 Å². The minimum absolute atomic E-state index is 0.324. The van der Waals surface area contributed by atoms with E-state index in [1.165, 1.54) is 5.56 Å². The lowest BCUT2D eigenvalue weighted by Crippen LogP contribution is -2.21. The minimum atomic E-state index is 0.324. The number of rotatable bonds is 7. The van der Waals surface area contributed by atoms with Gasteiger partial charge in [-0.05, 0) is 43.7 Å². The number of hydrogen-bond acceptors (Lipinski definition) is 3. The predicted octanol–water partition coefficient (Wildman–Crippen LogP) is 3.20. The molecule has 3 nitrogen and oxygen atoms in total. The van der Waals surface area contributed by atoms with Crippen LogP contribution < -0.4 is 10.1 Å². The molecular formula is C16H20N2O. The first kappa shape index (κ1) is 13.6. The van der Waals surface area contributed by atoms with Crippen molar-refractivity contribution in [3.05, 3.63) is 60.4 Å². The van der Waals surface area contributed by atoms with Gasteiger partial charge < -0.3 is 10.1 Å². The fourth-order valence-electron chi connectivity index (χ4n) is 1.85. The van der Waals surface area contributed by atoms with Crippen molar-refractivity contribution in [2.24, 2.45) is 0 Å². The second-order valence-corrected chi connectivity index (χ2v) is 4.48. The van der Waals surface area contributed by atoms with Crippen LogP contribution in [0.3, 0.4) is 0 Å². The molecule has 2 aromatic rings. The van der Waals surface area contributed by atoms with Crippen LogP contribution in [0.15, 0.2) is 54.9 Å². The molecule has 1 heterocycles. The zero-order valence-electron chi connectivity index (χ0n) is 11.3. The lowest BCUT2D eigenvalue weighted by Gasteiger charge is -2.13. The third-order valence-corrected chi connectivity index (χ3v) is 2.97. The summed E-state index contributed by atoms with van der Waals surface area (Å²) in [5.74, 6) is 0.933. The van der Waals surface area contributed by atoms with Crippen LogP contribution in [-0.4, -0.2) is 18.1 Å². The average Bonchev–Trinajstić information content (AvgIpc) is 2.49. The highest BCUT2D eigenvalue weighted by Gasteiger charge is 2.03. The van der Waals surface area contributed by atoms with Crippen LogP contribution in [0.4, 0.5) is 0 Å². The van der Waals surface area contributed by atoms with E-state index in [2.05, 4.69) is 23.3 Å². The Morgan fingerprint density at radius 1 is 1.16 bits per heavy atom. The monoisotopic (exact) mass is 256 g/mol. The van der Waals surface area contributed by atoms with E-state index in [-0.39, 0.29) is 0 Å². The molecule has 0 radical (unpaired) electrons. The molecule has 1 N–H and O–H groups in total. The van der Waals surface area contributed by atoms with Crippen LogP contribution in [0, 0.1) is 0 Å². The summed E-state index contributed by atoms with van der Waals surface area (Å²) in [4.78, 5) is 4.13. The highest BCUT2D eigenvalue weighted by atomic mass is 16.5. The standard InChI is InChI=1S/C16H20N2O/c1-14(15-7-5-10-17-13-15)18-11-6-12-19-16-8-3-2-4-9-16/h2-5,7-10,13-14,18H,6,11-12H2,1H3/t14-/m0/s1. The molecule has 0 unspecified atom stereocenters. The number of nitrogens with one attached hydrogen (secondary N) is 1. The van der Waals surface area contributed by atoms with Crippen molar-refractivity contribution < 1.29 is 4.74 Å². The Kier molecular flexibility index (Phi) is 5.38. The summed E-state index contributed by atoms with van der Waals surface area (Å²) in [7, 11) is 0. The second-order valence-electron chi connectivity index (χ2n) is 4.48. The van der Waals surface area contributed by atoms with Crippen LogP contribution >= 0.6 is 0 Å². The Hall–Kier alpha value is -1.87. The molecule has 0 spiro atoms. The van der Waals surface area contributed by atoms with Gasteiger partial charge in [-0.3, -0.25) is 4.98 Å². The fraction of sp³-hybridized carbons (Fsp3) is 0.312. The van der Waals surface area contributed by atoms with Crippen molar-refractivity contribution in [3.63, 3.8) is 0 Å². The molecule has 0 aliphatic carbocycles. The topological polar surface area (TPSA) is 34.1 Å². The van der Waals surface area contributed by atoms with Gasteiger partial charge in [0.1, 0.15) is 5.75 Å². The first-order valence-corrected chi connectivity index (χ1v) is 6.67. The summed E-state index contributed by atoms with van der Waals surface area (Å²) < 4.78 is 5.64. The van der Waals surface area contributed by atoms with Gasteiger partial charge in [0.05, 0.1) is 6.61 Å². The van der Waals surface area contributed by atoms with Crippen molar-refractivity contribution in [1.29, 1.82) is 0 Å². The van der Waals surface area contributed by atoms with E-state index in [4.69, 9.17) is 4.74 Å². The summed E-state index contributed by atoms with van der Waals surface area (Å²) in [5, 5.41) is 3.47. The minimum Gasteiger partial charge on any atom is -0.494 e. The number of nitrogens with zero attached hydrogens (tertiary/aromatic N) is 1. The Morgan fingerprint density at radius 3 is 2.74 bits per heavy atom. The number of aromatic nitrogens is 1. The van der Waals surface area contributed by atoms with Gasteiger partial charge in [-0.2, -0.15) is 0 Å². The Morgan fingerprint density at radius 2 is 2.00 bits per heavy atom. The molecule has 1 atom stereocenters. The molecule has 3 heteroatoms. The zero-order valence-corrected chi connectivity index (χ0v) is 11.3. The SMILES string of the molecule is C[C@H](NCCCOc1ccccc1)c1cccnc1. The van der Waals surface area contributed by atoms with Crippen molar-refractivity contribution in [3.8, 4) is 5.75 Å². The van der Waals surface area contributed by atoms with Crippen LogP contribution in [0.25, 0.3) is 0 Å². The Labute approximate surface area is 114 Å². The predicted molar refractivity (Wildman–Crippen MR) is 77.2 cm³/mol. The summed E-state index contributed by atoms with van der Waals surface area (Å²) in [5.41, 5.74) is 1.21. The van der Waals surface area contributed by atoms with Crippen molar-refractivity contribution in [2.75, 3.05) is 13.2 Å². The zero-order chi connectivity index (χ0) is 13.3. The van der Waals surface area contributed by atoms with E-state index in [0.29, 0.717) is 6.04 Å². The molecule has 0 amide bonds. The van der Waals surface area contributed by atoms with Crippen LogP contribution in [0.1, 0.15) is 24.9 Å². The van der Waals surface area contributed by atoms with Gasteiger partial charge in [-0.25, -0.2) is 0 Å². The normalized spacial score (nSPS) is 12.1. The maximum atomic E-state index is 5.64. The van der Waals surface area contributed by atoms with Gasteiger partial charge >= 0.3 is 0 Å². The van der Waals surface area contributed by atoms with Gasteiger partial charge in [-0.1, -0.05) is 24.3 Å². The van der Waals surface area contributed by atoms with Crippen LogP contribution in [0.2, 0.25) is 0 Å². The highest BCUT2D eigenvalue weighted by Crippen LogP contribution is 2.10. The van der Waals surface area contributed by atoms with E-state index in [9.17, 15) is 0 Å². The molecule has 19 heavy (non-hydrogen) atoms. The maximum absolute atomic E-state index is 5.64. The molecule has 2 rings (SSSR count). The fourth-order valence-corrected chi connectivity index (χ4v) is 1.85. The Balaban J connectivity index is 1.62. The molecule has 0 fully saturated rings. The molecule has 0 saturated carbocycles. The molecule has 100 valence electrons.